The Morgan fingerprint density at radius 1 is 1.40 bits per heavy atom. The second-order valence-corrected chi connectivity index (χ2v) is 6.44. The minimum absolute atomic E-state index is 0.200. The molecule has 1 fully saturated rings. The van der Waals surface area contributed by atoms with Gasteiger partial charge in [0.1, 0.15) is 4.88 Å². The minimum atomic E-state index is -0.430. The van der Waals surface area contributed by atoms with E-state index in [2.05, 4.69) is 19.2 Å². The minimum Gasteiger partial charge on any atom is -0.451 e. The monoisotopic (exact) mass is 295 g/mol. The second-order valence-electron chi connectivity index (χ2n) is 5.49. The Bertz CT molecular complexity index is 458. The van der Waals surface area contributed by atoms with Gasteiger partial charge in [-0.3, -0.25) is 4.79 Å². The van der Waals surface area contributed by atoms with Crippen LogP contribution in [0.5, 0.6) is 0 Å². The van der Waals surface area contributed by atoms with Gasteiger partial charge in [-0.1, -0.05) is 32.8 Å². The van der Waals surface area contributed by atoms with Crippen LogP contribution in [0.15, 0.2) is 17.5 Å². The van der Waals surface area contributed by atoms with Crippen molar-refractivity contribution in [2.45, 2.75) is 39.2 Å². The van der Waals surface area contributed by atoms with E-state index in [1.54, 1.807) is 12.1 Å². The Kier molecular flexibility index (Phi) is 5.17. The Balaban J connectivity index is 1.76. The summed E-state index contributed by atoms with van der Waals surface area (Å²) in [6.45, 7) is 4.20. The largest absolute Gasteiger partial charge is 0.451 e. The van der Waals surface area contributed by atoms with Gasteiger partial charge in [-0.05, 0) is 29.7 Å². The summed E-state index contributed by atoms with van der Waals surface area (Å²) in [6, 6.07) is 3.68. The molecular weight excluding hydrogens is 274 g/mol. The lowest BCUT2D eigenvalue weighted by molar-refractivity contribution is -0.125. The molecule has 0 aliphatic heterocycles. The molecule has 0 aromatic carbocycles. The number of amides is 1. The van der Waals surface area contributed by atoms with Crippen LogP contribution in [0.3, 0.4) is 0 Å². The van der Waals surface area contributed by atoms with Crippen molar-refractivity contribution in [3.05, 3.63) is 22.4 Å². The molecule has 5 heteroatoms. The maximum atomic E-state index is 11.9. The van der Waals surface area contributed by atoms with Crippen LogP contribution in [0, 0.1) is 11.8 Å². The van der Waals surface area contributed by atoms with Gasteiger partial charge in [-0.2, -0.15) is 0 Å². The summed E-state index contributed by atoms with van der Waals surface area (Å²) in [5, 5.41) is 4.79. The van der Waals surface area contributed by atoms with Crippen molar-refractivity contribution in [2.75, 3.05) is 6.61 Å². The van der Waals surface area contributed by atoms with Gasteiger partial charge >= 0.3 is 5.97 Å². The number of hydrogen-bond donors (Lipinski definition) is 1. The topological polar surface area (TPSA) is 55.4 Å². The third-order valence-electron chi connectivity index (χ3n) is 4.11. The van der Waals surface area contributed by atoms with E-state index in [1.165, 1.54) is 17.8 Å². The molecule has 1 aromatic heterocycles. The zero-order valence-corrected chi connectivity index (χ0v) is 12.7. The maximum Gasteiger partial charge on any atom is 0.348 e. The molecule has 0 spiro atoms. The highest BCUT2D eigenvalue weighted by Gasteiger charge is 2.28. The molecule has 0 radical (unpaired) electrons. The van der Waals surface area contributed by atoms with Crippen molar-refractivity contribution < 1.29 is 14.3 Å². The van der Waals surface area contributed by atoms with E-state index in [-0.39, 0.29) is 18.6 Å². The van der Waals surface area contributed by atoms with Crippen molar-refractivity contribution >= 4 is 23.2 Å². The first-order valence-corrected chi connectivity index (χ1v) is 7.96. The zero-order chi connectivity index (χ0) is 14.5. The van der Waals surface area contributed by atoms with E-state index >= 15 is 0 Å². The van der Waals surface area contributed by atoms with Gasteiger partial charge in [0.25, 0.3) is 5.91 Å². The van der Waals surface area contributed by atoms with Crippen molar-refractivity contribution in [1.82, 2.24) is 5.32 Å². The standard InChI is InChI=1S/C15H21NO3S/c1-10-5-3-6-12(11(10)2)16-14(17)9-19-15(18)13-7-4-8-20-13/h4,7-8,10-12H,3,5-6,9H2,1-2H3,(H,16,17)/t10-,11+,12+/m0/s1. The van der Waals surface area contributed by atoms with E-state index in [0.29, 0.717) is 16.7 Å². The lowest BCUT2D eigenvalue weighted by Gasteiger charge is -2.34. The average molecular weight is 295 g/mol. The molecule has 1 saturated carbocycles. The molecule has 4 nitrogen and oxygen atoms in total. The Morgan fingerprint density at radius 2 is 2.20 bits per heavy atom. The Morgan fingerprint density at radius 3 is 2.90 bits per heavy atom. The molecule has 1 N–H and O–H groups in total. The quantitative estimate of drug-likeness (QED) is 0.869. The number of carbonyl (C=O) groups is 2. The van der Waals surface area contributed by atoms with E-state index in [1.807, 2.05) is 5.38 Å². The van der Waals surface area contributed by atoms with E-state index in [0.717, 1.165) is 12.8 Å². The fourth-order valence-electron chi connectivity index (χ4n) is 2.63. The molecule has 20 heavy (non-hydrogen) atoms. The van der Waals surface area contributed by atoms with Gasteiger partial charge < -0.3 is 10.1 Å². The van der Waals surface area contributed by atoms with Gasteiger partial charge in [0, 0.05) is 6.04 Å². The number of thiophene rings is 1. The van der Waals surface area contributed by atoms with Crippen molar-refractivity contribution in [3.8, 4) is 0 Å². The van der Waals surface area contributed by atoms with Crippen molar-refractivity contribution in [3.63, 3.8) is 0 Å². The molecule has 2 rings (SSSR count). The van der Waals surface area contributed by atoms with Crippen LogP contribution in [0.1, 0.15) is 42.8 Å². The normalized spacial score (nSPS) is 26.0. The molecule has 1 aliphatic carbocycles. The molecule has 0 unspecified atom stereocenters. The van der Waals surface area contributed by atoms with Gasteiger partial charge in [0.05, 0.1) is 0 Å². The molecule has 0 saturated heterocycles. The van der Waals surface area contributed by atoms with Gasteiger partial charge in [-0.15, -0.1) is 11.3 Å². The molecule has 110 valence electrons. The lowest BCUT2D eigenvalue weighted by Crippen LogP contribution is -2.45. The number of nitrogens with one attached hydrogen (secondary N) is 1. The first kappa shape index (κ1) is 15.0. The van der Waals surface area contributed by atoms with Crippen LogP contribution in [0.4, 0.5) is 0 Å². The van der Waals surface area contributed by atoms with Crippen LogP contribution < -0.4 is 5.32 Å². The predicted octanol–water partition coefficient (Wildman–Crippen LogP) is 2.85. The molecular formula is C15H21NO3S. The van der Waals surface area contributed by atoms with Gasteiger partial charge in [0.15, 0.2) is 6.61 Å². The molecule has 1 aromatic rings. The summed E-state index contributed by atoms with van der Waals surface area (Å²) in [7, 11) is 0. The Hall–Kier alpha value is -1.36. The number of rotatable bonds is 4. The smallest absolute Gasteiger partial charge is 0.348 e. The fraction of sp³-hybridized carbons (Fsp3) is 0.600. The fourth-order valence-corrected chi connectivity index (χ4v) is 3.25. The average Bonchev–Trinajstić information content (AvgIpc) is 2.95. The third-order valence-corrected chi connectivity index (χ3v) is 4.96. The highest BCUT2D eigenvalue weighted by molar-refractivity contribution is 7.11. The van der Waals surface area contributed by atoms with Crippen LogP contribution in [0.2, 0.25) is 0 Å². The summed E-state index contributed by atoms with van der Waals surface area (Å²) in [5.74, 6) is 0.462. The molecule has 1 amide bonds. The van der Waals surface area contributed by atoms with Gasteiger partial charge in [-0.25, -0.2) is 4.79 Å². The van der Waals surface area contributed by atoms with Crippen LogP contribution >= 0.6 is 11.3 Å². The third kappa shape index (κ3) is 3.82. The van der Waals surface area contributed by atoms with Crippen LogP contribution in [-0.2, 0) is 9.53 Å². The van der Waals surface area contributed by atoms with Crippen LogP contribution in [-0.4, -0.2) is 24.5 Å². The van der Waals surface area contributed by atoms with Crippen LogP contribution in [0.25, 0.3) is 0 Å². The predicted molar refractivity (Wildman–Crippen MR) is 78.7 cm³/mol. The number of esters is 1. The molecule has 0 bridgehead atoms. The van der Waals surface area contributed by atoms with E-state index in [4.69, 9.17) is 4.74 Å². The van der Waals surface area contributed by atoms with E-state index < -0.39 is 5.97 Å². The number of ether oxygens (including phenoxy) is 1. The SMILES string of the molecule is C[C@@H]1[C@@H](C)CCC[C@H]1NC(=O)COC(=O)c1cccs1. The summed E-state index contributed by atoms with van der Waals surface area (Å²) in [4.78, 5) is 24.0. The zero-order valence-electron chi connectivity index (χ0n) is 11.9. The number of hydrogen-bond acceptors (Lipinski definition) is 4. The first-order valence-electron chi connectivity index (χ1n) is 7.08. The van der Waals surface area contributed by atoms with Gasteiger partial charge in [0.2, 0.25) is 0 Å². The Labute approximate surface area is 123 Å². The molecule has 1 aliphatic rings. The van der Waals surface area contributed by atoms with Crippen molar-refractivity contribution in [1.29, 1.82) is 0 Å². The summed E-state index contributed by atoms with van der Waals surface area (Å²) in [5.41, 5.74) is 0. The summed E-state index contributed by atoms with van der Waals surface area (Å²) >= 11 is 1.31. The summed E-state index contributed by atoms with van der Waals surface area (Å²) < 4.78 is 5.01. The van der Waals surface area contributed by atoms with Crippen molar-refractivity contribution in [2.24, 2.45) is 11.8 Å². The number of carbonyl (C=O) groups excluding carboxylic acids is 2. The first-order chi connectivity index (χ1) is 9.58. The highest BCUT2D eigenvalue weighted by atomic mass is 32.1. The second kappa shape index (κ2) is 6.88. The lowest BCUT2D eigenvalue weighted by atomic mass is 9.78. The van der Waals surface area contributed by atoms with E-state index in [9.17, 15) is 9.59 Å². The maximum absolute atomic E-state index is 11.9. The molecule has 1 heterocycles. The molecule has 3 atom stereocenters. The highest BCUT2D eigenvalue weighted by Crippen LogP contribution is 2.29. The summed E-state index contributed by atoms with van der Waals surface area (Å²) in [6.07, 6.45) is 3.38.